The van der Waals surface area contributed by atoms with E-state index in [1.54, 1.807) is 0 Å². The Kier molecular flexibility index (Phi) is 3.52. The maximum Gasteiger partial charge on any atom is 0.213 e. The van der Waals surface area contributed by atoms with Gasteiger partial charge < -0.3 is 4.57 Å². The number of hydrogen-bond donors (Lipinski definition) is 0. The van der Waals surface area contributed by atoms with Gasteiger partial charge in [0.1, 0.15) is 12.9 Å². The molecule has 2 aromatic heterocycles. The van der Waals surface area contributed by atoms with Crippen molar-refractivity contribution in [2.24, 2.45) is 13.0 Å². The molecule has 3 nitrogen and oxygen atoms in total. The molecule has 0 saturated heterocycles. The summed E-state index contributed by atoms with van der Waals surface area (Å²) in [4.78, 5) is 4.51. The Hall–Kier alpha value is -2.42. The third kappa shape index (κ3) is 2.35. The van der Waals surface area contributed by atoms with Crippen molar-refractivity contribution in [3.05, 3.63) is 65.4 Å². The van der Waals surface area contributed by atoms with Gasteiger partial charge in [-0.1, -0.05) is 19.9 Å². The van der Waals surface area contributed by atoms with Crippen molar-refractivity contribution >= 4 is 0 Å². The van der Waals surface area contributed by atoms with Crippen LogP contribution in [0.2, 0.25) is 0 Å². The zero-order chi connectivity index (χ0) is 16.8. The molecule has 3 heteroatoms. The molecular formula is C21H24N3+. The van der Waals surface area contributed by atoms with Crippen LogP contribution in [0.5, 0.6) is 0 Å². The minimum Gasteiger partial charge on any atom is -0.303 e. The second-order valence-electron chi connectivity index (χ2n) is 7.27. The molecule has 0 spiro atoms. The first-order valence-electron chi connectivity index (χ1n) is 8.68. The molecule has 0 amide bonds. The minimum atomic E-state index is 0.665. The lowest BCUT2D eigenvalue weighted by Crippen LogP contribution is -2.31. The van der Waals surface area contributed by atoms with Gasteiger partial charge in [0.25, 0.3) is 0 Å². The van der Waals surface area contributed by atoms with E-state index in [1.165, 1.54) is 33.6 Å². The monoisotopic (exact) mass is 318 g/mol. The summed E-state index contributed by atoms with van der Waals surface area (Å²) in [5.74, 6) is 1.80. The lowest BCUT2D eigenvalue weighted by molar-refractivity contribution is -0.660. The molecule has 1 aliphatic rings. The lowest BCUT2D eigenvalue weighted by Gasteiger charge is -2.12. The van der Waals surface area contributed by atoms with E-state index >= 15 is 0 Å². The molecule has 0 atom stereocenters. The molecule has 4 rings (SSSR count). The van der Waals surface area contributed by atoms with E-state index in [-0.39, 0.29) is 0 Å². The summed E-state index contributed by atoms with van der Waals surface area (Å²) >= 11 is 0. The second-order valence-corrected chi connectivity index (χ2v) is 7.27. The minimum absolute atomic E-state index is 0.665. The molecule has 0 saturated carbocycles. The maximum atomic E-state index is 4.51. The molecule has 3 heterocycles. The van der Waals surface area contributed by atoms with Gasteiger partial charge in [-0.2, -0.15) is 0 Å². The van der Waals surface area contributed by atoms with Crippen molar-refractivity contribution in [1.82, 2.24) is 9.55 Å². The van der Waals surface area contributed by atoms with Crippen LogP contribution in [0.3, 0.4) is 0 Å². The Morgan fingerprint density at radius 1 is 1.25 bits per heavy atom. The zero-order valence-corrected chi connectivity index (χ0v) is 14.9. The highest BCUT2D eigenvalue weighted by Crippen LogP contribution is 2.36. The molecule has 0 radical (unpaired) electrons. The van der Waals surface area contributed by atoms with Crippen LogP contribution in [0.1, 0.15) is 36.4 Å². The largest absolute Gasteiger partial charge is 0.303 e. The second kappa shape index (κ2) is 5.59. The van der Waals surface area contributed by atoms with Gasteiger partial charge in [0.05, 0.1) is 11.3 Å². The van der Waals surface area contributed by atoms with Gasteiger partial charge in [-0.15, -0.1) is 0 Å². The predicted molar refractivity (Wildman–Crippen MR) is 96.3 cm³/mol. The average Bonchev–Trinajstić information content (AvgIpc) is 3.10. The molecule has 0 unspecified atom stereocenters. The topological polar surface area (TPSA) is 21.7 Å². The molecule has 122 valence electrons. The summed E-state index contributed by atoms with van der Waals surface area (Å²) in [5, 5.41) is 0. The Morgan fingerprint density at radius 3 is 2.88 bits per heavy atom. The molecule has 3 aromatic rings. The number of benzene rings is 1. The Morgan fingerprint density at radius 2 is 2.08 bits per heavy atom. The quantitative estimate of drug-likeness (QED) is 0.527. The van der Waals surface area contributed by atoms with Crippen molar-refractivity contribution in [3.63, 3.8) is 0 Å². The number of imidazole rings is 1. The highest BCUT2D eigenvalue weighted by molar-refractivity contribution is 5.73. The molecule has 1 aromatic carbocycles. The van der Waals surface area contributed by atoms with E-state index in [0.29, 0.717) is 5.92 Å². The number of nitrogens with zero attached hydrogens (tertiary/aromatic N) is 3. The predicted octanol–water partition coefficient (Wildman–Crippen LogP) is 3.77. The van der Waals surface area contributed by atoms with Gasteiger partial charge in [0, 0.05) is 30.9 Å². The normalized spacial score (nSPS) is 12.5. The Labute approximate surface area is 143 Å². The smallest absolute Gasteiger partial charge is 0.213 e. The fraction of sp³-hybridized carbons (Fsp3) is 0.333. The number of rotatable bonds is 3. The molecule has 0 bridgehead atoms. The SMILES string of the molecule is Cc1ccc2c(c1-c1cc(CC(C)C)cc[n+]1C)Cc1nccn1-2. The van der Waals surface area contributed by atoms with Crippen LogP contribution in [0, 0.1) is 12.8 Å². The van der Waals surface area contributed by atoms with E-state index in [1.807, 2.05) is 6.20 Å². The van der Waals surface area contributed by atoms with Gasteiger partial charge in [-0.25, -0.2) is 9.55 Å². The van der Waals surface area contributed by atoms with Crippen LogP contribution in [0.4, 0.5) is 0 Å². The van der Waals surface area contributed by atoms with Gasteiger partial charge >= 0.3 is 0 Å². The van der Waals surface area contributed by atoms with E-state index in [2.05, 4.69) is 78.6 Å². The summed E-state index contributed by atoms with van der Waals surface area (Å²) in [6, 6.07) is 9.07. The maximum absolute atomic E-state index is 4.51. The van der Waals surface area contributed by atoms with Crippen LogP contribution in [0.15, 0.2) is 42.9 Å². The van der Waals surface area contributed by atoms with Gasteiger partial charge in [-0.05, 0) is 42.0 Å². The molecule has 1 aliphatic heterocycles. The van der Waals surface area contributed by atoms with E-state index in [4.69, 9.17) is 0 Å². The zero-order valence-electron chi connectivity index (χ0n) is 14.9. The number of pyridine rings is 1. The van der Waals surface area contributed by atoms with Crippen molar-refractivity contribution in [2.45, 2.75) is 33.6 Å². The first kappa shape index (κ1) is 15.1. The fourth-order valence-electron chi connectivity index (χ4n) is 3.82. The van der Waals surface area contributed by atoms with Crippen molar-refractivity contribution in [2.75, 3.05) is 0 Å². The van der Waals surface area contributed by atoms with Gasteiger partial charge in [-0.3, -0.25) is 0 Å². The summed E-state index contributed by atoms with van der Waals surface area (Å²) in [6.07, 6.45) is 8.17. The Balaban J connectivity index is 1.90. The first-order chi connectivity index (χ1) is 11.5. The van der Waals surface area contributed by atoms with E-state index < -0.39 is 0 Å². The molecule has 0 N–H and O–H groups in total. The summed E-state index contributed by atoms with van der Waals surface area (Å²) < 4.78 is 4.46. The van der Waals surface area contributed by atoms with Crippen molar-refractivity contribution < 1.29 is 4.57 Å². The van der Waals surface area contributed by atoms with Gasteiger partial charge in [0.15, 0.2) is 6.20 Å². The molecule has 0 fully saturated rings. The fourth-order valence-corrected chi connectivity index (χ4v) is 3.82. The third-order valence-corrected chi connectivity index (χ3v) is 4.92. The van der Waals surface area contributed by atoms with E-state index in [0.717, 1.165) is 18.7 Å². The number of aryl methyl sites for hydroxylation is 2. The number of aromatic nitrogens is 3. The number of hydrogen-bond acceptors (Lipinski definition) is 1. The number of fused-ring (bicyclic) bond motifs is 3. The van der Waals surface area contributed by atoms with Crippen molar-refractivity contribution in [1.29, 1.82) is 0 Å². The van der Waals surface area contributed by atoms with Gasteiger partial charge in [0.2, 0.25) is 5.69 Å². The standard InChI is InChI=1S/C21H24N3/c1-14(2)11-16-7-9-23(4)19(12-16)21-15(3)5-6-18-17(21)13-20-22-8-10-24(18)20/h5-10,12,14H,11,13H2,1-4H3/q+1. The van der Waals surface area contributed by atoms with Crippen LogP contribution in [0.25, 0.3) is 16.9 Å². The van der Waals surface area contributed by atoms with E-state index in [9.17, 15) is 0 Å². The van der Waals surface area contributed by atoms with Crippen LogP contribution in [-0.4, -0.2) is 9.55 Å². The average molecular weight is 318 g/mol. The highest BCUT2D eigenvalue weighted by Gasteiger charge is 2.26. The molecule has 0 aliphatic carbocycles. The van der Waals surface area contributed by atoms with Crippen LogP contribution >= 0.6 is 0 Å². The summed E-state index contributed by atoms with van der Waals surface area (Å²) in [6.45, 7) is 6.76. The van der Waals surface area contributed by atoms with Crippen molar-refractivity contribution in [3.8, 4) is 16.9 Å². The summed E-state index contributed by atoms with van der Waals surface area (Å²) in [7, 11) is 2.14. The Bertz CT molecular complexity index is 919. The lowest BCUT2D eigenvalue weighted by atomic mass is 9.94. The van der Waals surface area contributed by atoms with Crippen LogP contribution < -0.4 is 4.57 Å². The first-order valence-corrected chi connectivity index (χ1v) is 8.68. The molecule has 24 heavy (non-hydrogen) atoms. The highest BCUT2D eigenvalue weighted by atomic mass is 15.1. The summed E-state index contributed by atoms with van der Waals surface area (Å²) in [5.41, 5.74) is 8.08. The van der Waals surface area contributed by atoms with Crippen LogP contribution in [-0.2, 0) is 19.9 Å². The molecular weight excluding hydrogens is 294 g/mol. The third-order valence-electron chi connectivity index (χ3n) is 4.92.